The summed E-state index contributed by atoms with van der Waals surface area (Å²) in [6, 6.07) is 8.04. The molecule has 0 aliphatic rings. The van der Waals surface area contributed by atoms with Crippen LogP contribution in [0.1, 0.15) is 18.3 Å². The molecular weight excluding hydrogens is 190 g/mol. The highest BCUT2D eigenvalue weighted by Crippen LogP contribution is 2.14. The molecule has 0 amide bonds. The number of hydrogen-bond donors (Lipinski definition) is 1. The molecule has 0 aliphatic heterocycles. The topological polar surface area (TPSA) is 69.6 Å². The molecule has 0 spiro atoms. The lowest BCUT2D eigenvalue weighted by Crippen LogP contribution is -2.09. The molecule has 0 fully saturated rings. The Morgan fingerprint density at radius 3 is 2.87 bits per heavy atom. The van der Waals surface area contributed by atoms with E-state index in [1.54, 1.807) is 4.68 Å². The lowest BCUT2D eigenvalue weighted by molar-refractivity contribution is 0.753. The average molecular weight is 203 g/mol. The van der Waals surface area contributed by atoms with E-state index < -0.39 is 0 Å². The van der Waals surface area contributed by atoms with Crippen LogP contribution >= 0.6 is 0 Å². The van der Waals surface area contributed by atoms with E-state index in [9.17, 15) is 0 Å². The molecule has 0 atom stereocenters. The molecule has 1 aromatic carbocycles. The first kappa shape index (κ1) is 9.79. The summed E-state index contributed by atoms with van der Waals surface area (Å²) in [5, 5.41) is 11.4. The van der Waals surface area contributed by atoms with Crippen molar-refractivity contribution in [2.24, 2.45) is 5.73 Å². The van der Waals surface area contributed by atoms with Crippen LogP contribution in [0.3, 0.4) is 0 Å². The van der Waals surface area contributed by atoms with Gasteiger partial charge in [0.2, 0.25) is 0 Å². The standard InChI is InChI=1S/C10H13N5/c1-2-8-5-3-4-6-9(8)15-10(7-11)12-13-14-15/h3-6H,2,7,11H2,1H3. The zero-order valence-electron chi connectivity index (χ0n) is 8.59. The second kappa shape index (κ2) is 4.18. The molecule has 0 unspecified atom stereocenters. The number of nitrogens with zero attached hydrogens (tertiary/aromatic N) is 4. The molecule has 2 rings (SSSR count). The predicted molar refractivity (Wildman–Crippen MR) is 56.4 cm³/mol. The third kappa shape index (κ3) is 1.73. The first-order valence-electron chi connectivity index (χ1n) is 4.92. The highest BCUT2D eigenvalue weighted by atomic mass is 15.5. The van der Waals surface area contributed by atoms with Gasteiger partial charge in [-0.2, -0.15) is 4.68 Å². The van der Waals surface area contributed by atoms with Gasteiger partial charge in [-0.1, -0.05) is 25.1 Å². The Balaban J connectivity index is 2.53. The van der Waals surface area contributed by atoms with Crippen molar-refractivity contribution in [3.63, 3.8) is 0 Å². The van der Waals surface area contributed by atoms with E-state index in [4.69, 9.17) is 5.73 Å². The molecule has 5 nitrogen and oxygen atoms in total. The van der Waals surface area contributed by atoms with Crippen molar-refractivity contribution in [1.82, 2.24) is 20.2 Å². The van der Waals surface area contributed by atoms with E-state index in [-0.39, 0.29) is 0 Å². The fraction of sp³-hybridized carbons (Fsp3) is 0.300. The van der Waals surface area contributed by atoms with Gasteiger partial charge in [-0.3, -0.25) is 0 Å². The molecule has 0 radical (unpaired) electrons. The Morgan fingerprint density at radius 1 is 1.33 bits per heavy atom. The molecular formula is C10H13N5. The van der Waals surface area contributed by atoms with Crippen molar-refractivity contribution in [2.75, 3.05) is 0 Å². The summed E-state index contributed by atoms with van der Waals surface area (Å²) in [5.41, 5.74) is 7.77. The number of hydrogen-bond acceptors (Lipinski definition) is 4. The summed E-state index contributed by atoms with van der Waals surface area (Å²) in [5.74, 6) is 0.677. The molecule has 1 aromatic heterocycles. The number of benzene rings is 1. The minimum absolute atomic E-state index is 0.338. The van der Waals surface area contributed by atoms with Crippen molar-refractivity contribution in [2.45, 2.75) is 19.9 Å². The number of nitrogens with two attached hydrogens (primary N) is 1. The first-order valence-corrected chi connectivity index (χ1v) is 4.92. The lowest BCUT2D eigenvalue weighted by atomic mass is 10.1. The number of rotatable bonds is 3. The van der Waals surface area contributed by atoms with Crippen LogP contribution in [0.25, 0.3) is 5.69 Å². The Kier molecular flexibility index (Phi) is 2.73. The van der Waals surface area contributed by atoms with Crippen LogP contribution in [-0.4, -0.2) is 20.2 Å². The van der Waals surface area contributed by atoms with Gasteiger partial charge >= 0.3 is 0 Å². The second-order valence-electron chi connectivity index (χ2n) is 3.19. The molecule has 2 N–H and O–H groups in total. The lowest BCUT2D eigenvalue weighted by Gasteiger charge is -2.07. The van der Waals surface area contributed by atoms with Gasteiger partial charge in [0.25, 0.3) is 0 Å². The van der Waals surface area contributed by atoms with Crippen LogP contribution in [0.5, 0.6) is 0 Å². The van der Waals surface area contributed by atoms with Crippen molar-refractivity contribution in [3.05, 3.63) is 35.7 Å². The zero-order valence-corrected chi connectivity index (χ0v) is 8.59. The maximum absolute atomic E-state index is 5.56. The highest BCUT2D eigenvalue weighted by molar-refractivity contribution is 5.40. The Labute approximate surface area is 87.9 Å². The van der Waals surface area contributed by atoms with Crippen molar-refractivity contribution < 1.29 is 0 Å². The maximum atomic E-state index is 5.56. The number of aryl methyl sites for hydroxylation is 1. The summed E-state index contributed by atoms with van der Waals surface area (Å²) in [7, 11) is 0. The molecule has 78 valence electrons. The third-order valence-electron chi connectivity index (χ3n) is 2.32. The van der Waals surface area contributed by atoms with E-state index in [1.807, 2.05) is 18.2 Å². The van der Waals surface area contributed by atoms with Crippen LogP contribution in [0.15, 0.2) is 24.3 Å². The van der Waals surface area contributed by atoms with Crippen LogP contribution in [0.2, 0.25) is 0 Å². The van der Waals surface area contributed by atoms with Crippen LogP contribution < -0.4 is 5.73 Å². The monoisotopic (exact) mass is 203 g/mol. The smallest absolute Gasteiger partial charge is 0.170 e. The highest BCUT2D eigenvalue weighted by Gasteiger charge is 2.08. The summed E-state index contributed by atoms with van der Waals surface area (Å²) >= 11 is 0. The van der Waals surface area contributed by atoms with Gasteiger partial charge in [0.05, 0.1) is 12.2 Å². The fourth-order valence-electron chi connectivity index (χ4n) is 1.54. The van der Waals surface area contributed by atoms with E-state index >= 15 is 0 Å². The molecule has 0 saturated carbocycles. The third-order valence-corrected chi connectivity index (χ3v) is 2.32. The number of aromatic nitrogens is 4. The minimum Gasteiger partial charge on any atom is -0.324 e. The van der Waals surface area contributed by atoms with E-state index in [0.717, 1.165) is 12.1 Å². The van der Waals surface area contributed by atoms with Gasteiger partial charge in [0.1, 0.15) is 0 Å². The number of tetrazole rings is 1. The summed E-state index contributed by atoms with van der Waals surface area (Å²) in [6.45, 7) is 2.44. The molecule has 2 aromatic rings. The molecule has 0 bridgehead atoms. The van der Waals surface area contributed by atoms with Crippen molar-refractivity contribution >= 4 is 0 Å². The predicted octanol–water partition coefficient (Wildman–Crippen LogP) is 0.683. The SMILES string of the molecule is CCc1ccccc1-n1nnnc1CN. The van der Waals surface area contributed by atoms with Crippen molar-refractivity contribution in [1.29, 1.82) is 0 Å². The van der Waals surface area contributed by atoms with Crippen LogP contribution in [0, 0.1) is 0 Å². The van der Waals surface area contributed by atoms with Crippen LogP contribution in [-0.2, 0) is 13.0 Å². The molecule has 1 heterocycles. The van der Waals surface area contributed by atoms with Crippen molar-refractivity contribution in [3.8, 4) is 5.69 Å². The largest absolute Gasteiger partial charge is 0.324 e. The van der Waals surface area contributed by atoms with Gasteiger partial charge < -0.3 is 5.73 Å². The van der Waals surface area contributed by atoms with Gasteiger partial charge in [0, 0.05) is 0 Å². The number of para-hydroxylation sites is 1. The van der Waals surface area contributed by atoms with E-state index in [1.165, 1.54) is 5.56 Å². The Morgan fingerprint density at radius 2 is 2.13 bits per heavy atom. The normalized spacial score (nSPS) is 10.5. The Hall–Kier alpha value is -1.75. The maximum Gasteiger partial charge on any atom is 0.170 e. The summed E-state index contributed by atoms with van der Waals surface area (Å²) in [4.78, 5) is 0. The average Bonchev–Trinajstić information content (AvgIpc) is 2.76. The molecule has 15 heavy (non-hydrogen) atoms. The van der Waals surface area contributed by atoms with E-state index in [0.29, 0.717) is 12.4 Å². The molecule has 5 heteroatoms. The Bertz CT molecular complexity index is 449. The second-order valence-corrected chi connectivity index (χ2v) is 3.19. The quantitative estimate of drug-likeness (QED) is 0.796. The van der Waals surface area contributed by atoms with Gasteiger partial charge in [0.15, 0.2) is 5.82 Å². The fourth-order valence-corrected chi connectivity index (χ4v) is 1.54. The van der Waals surface area contributed by atoms with Gasteiger partial charge in [-0.05, 0) is 28.5 Å². The van der Waals surface area contributed by atoms with Crippen LogP contribution in [0.4, 0.5) is 0 Å². The van der Waals surface area contributed by atoms with Gasteiger partial charge in [-0.15, -0.1) is 5.10 Å². The summed E-state index contributed by atoms with van der Waals surface area (Å²) < 4.78 is 1.69. The van der Waals surface area contributed by atoms with Gasteiger partial charge in [-0.25, -0.2) is 0 Å². The van der Waals surface area contributed by atoms with E-state index in [2.05, 4.69) is 28.5 Å². The minimum atomic E-state index is 0.338. The molecule has 0 saturated heterocycles. The zero-order chi connectivity index (χ0) is 10.7. The molecule has 0 aliphatic carbocycles. The summed E-state index contributed by atoms with van der Waals surface area (Å²) in [6.07, 6.45) is 0.944. The first-order chi connectivity index (χ1) is 7.36.